The molecule has 1 aromatic carbocycles. The maximum absolute atomic E-state index is 14.3. The highest BCUT2D eigenvalue weighted by Crippen LogP contribution is 2.24. The number of benzene rings is 1. The van der Waals surface area contributed by atoms with Crippen molar-refractivity contribution in [3.63, 3.8) is 0 Å². The van der Waals surface area contributed by atoms with Gasteiger partial charge in [0.25, 0.3) is 5.91 Å². The fraction of sp³-hybridized carbons (Fsp3) is 0.647. The van der Waals surface area contributed by atoms with Crippen LogP contribution in [-0.4, -0.2) is 132 Å². The highest BCUT2D eigenvalue weighted by atomic mass is 16.6. The van der Waals surface area contributed by atoms with Crippen molar-refractivity contribution < 1.29 is 57.7 Å². The molecule has 18 nitrogen and oxygen atoms in total. The predicted octanol–water partition coefficient (Wildman–Crippen LogP) is 4.76. The zero-order valence-electron chi connectivity index (χ0n) is 43.5. The summed E-state index contributed by atoms with van der Waals surface area (Å²) >= 11 is 0. The molecule has 0 aromatic heterocycles. The third-order valence-electron chi connectivity index (χ3n) is 12.1. The van der Waals surface area contributed by atoms with Crippen molar-refractivity contribution in [2.75, 3.05) is 27.2 Å². The lowest BCUT2D eigenvalue weighted by Gasteiger charge is -2.33. The predicted molar refractivity (Wildman–Crippen MR) is 263 cm³/mol. The van der Waals surface area contributed by atoms with Crippen molar-refractivity contribution in [1.29, 1.82) is 0 Å². The highest BCUT2D eigenvalue weighted by Gasteiger charge is 2.37. The quantitative estimate of drug-likeness (QED) is 0.0316. The summed E-state index contributed by atoms with van der Waals surface area (Å²) in [5.41, 5.74) is 5.55. The number of allylic oxidation sites excluding steroid dienone is 2. The Morgan fingerprint density at radius 2 is 1.43 bits per heavy atom. The number of hydrogen-bond donors (Lipinski definition) is 5. The van der Waals surface area contributed by atoms with Crippen LogP contribution >= 0.6 is 0 Å². The first kappa shape index (κ1) is 61.2. The number of nitrogens with one attached hydrogen (secondary N) is 3. The summed E-state index contributed by atoms with van der Waals surface area (Å²) in [7, 11) is 2.83. The van der Waals surface area contributed by atoms with Gasteiger partial charge in [-0.3, -0.25) is 28.8 Å². The molecule has 2 unspecified atom stereocenters. The van der Waals surface area contributed by atoms with E-state index in [0.29, 0.717) is 24.8 Å². The SMILES string of the molecule is C/C=C(\C)[C@@H](OC(=O)[C@@H](C)NC(=O)C(NC(=O)CN(C)C(=O)[C@@H](Cc1ccccc1)N(C)C(=O)[C@H](C)NC(=O)[C@@H](CC(C)C)OC(=O)C(C)(C)/C=C\CCCCO)C(C)CC)[C@@H](C)[C@H](C)OC(N)=O. The molecular weight excluding hydrogens is 889 g/mol. The number of amides is 6. The van der Waals surface area contributed by atoms with E-state index in [0.717, 1.165) is 16.9 Å². The van der Waals surface area contributed by atoms with Crippen LogP contribution in [0.3, 0.4) is 0 Å². The second-order valence-electron chi connectivity index (χ2n) is 19.0. The van der Waals surface area contributed by atoms with Crippen molar-refractivity contribution in [3.05, 3.63) is 59.7 Å². The Balaban J connectivity index is 3.25. The molecule has 0 spiro atoms. The third kappa shape index (κ3) is 20.8. The molecule has 0 heterocycles. The van der Waals surface area contributed by atoms with Gasteiger partial charge in [0.05, 0.1) is 12.0 Å². The Hall–Kier alpha value is -5.78. The Morgan fingerprint density at radius 1 is 0.826 bits per heavy atom. The lowest BCUT2D eigenvalue weighted by molar-refractivity contribution is -0.163. The third-order valence-corrected chi connectivity index (χ3v) is 12.1. The van der Waals surface area contributed by atoms with E-state index in [1.807, 2.05) is 26.8 Å². The second-order valence-corrected chi connectivity index (χ2v) is 19.0. The molecule has 388 valence electrons. The van der Waals surface area contributed by atoms with Crippen LogP contribution in [0.1, 0.15) is 121 Å². The fourth-order valence-corrected chi connectivity index (χ4v) is 7.17. The number of carbonyl (C=O) groups is 8. The van der Waals surface area contributed by atoms with Crippen LogP contribution in [0.4, 0.5) is 4.79 Å². The molecule has 0 bridgehead atoms. The van der Waals surface area contributed by atoms with Crippen LogP contribution in [-0.2, 0) is 54.2 Å². The first-order chi connectivity index (χ1) is 32.2. The number of nitrogens with zero attached hydrogens (tertiary/aromatic N) is 2. The van der Waals surface area contributed by atoms with Gasteiger partial charge in [-0.1, -0.05) is 89.6 Å². The van der Waals surface area contributed by atoms with E-state index in [9.17, 15) is 38.4 Å². The molecule has 6 N–H and O–H groups in total. The normalized spacial score (nSPS) is 15.8. The van der Waals surface area contributed by atoms with E-state index in [1.54, 1.807) is 91.0 Å². The van der Waals surface area contributed by atoms with Gasteiger partial charge in [-0.25, -0.2) is 9.59 Å². The maximum atomic E-state index is 14.3. The molecule has 6 amide bonds. The van der Waals surface area contributed by atoms with Crippen molar-refractivity contribution in [2.45, 2.75) is 164 Å². The number of aliphatic hydroxyl groups excluding tert-OH is 1. The largest absolute Gasteiger partial charge is 0.456 e. The monoisotopic (exact) mass is 971 g/mol. The topological polar surface area (TPSA) is 253 Å². The van der Waals surface area contributed by atoms with Crippen LogP contribution < -0.4 is 21.7 Å². The van der Waals surface area contributed by atoms with E-state index < -0.39 is 114 Å². The summed E-state index contributed by atoms with van der Waals surface area (Å²) in [5.74, 6) is -5.57. The first-order valence-electron chi connectivity index (χ1n) is 24.0. The first-order valence-corrected chi connectivity index (χ1v) is 24.0. The number of unbranched alkanes of at least 4 members (excludes halogenated alkanes) is 2. The summed E-state index contributed by atoms with van der Waals surface area (Å²) in [6.07, 6.45) is 4.37. The molecule has 0 aliphatic carbocycles. The molecule has 0 aliphatic heterocycles. The molecule has 0 aliphatic rings. The number of primary amides is 1. The standard InChI is InChI=1S/C51H82N6O12/c1-15-32(5)42(45(61)54-36(9)48(64)69-43(33(6)16-2)34(7)37(10)67-50(52)66)55-41(59)30-56(13)47(63)39(29-38-24-20-19-21-25-38)57(14)46(62)35(8)53-44(60)40(28-31(3)4)68-49(65)51(11,12)26-22-17-18-23-27-58/h16,19-22,24-26,31-32,34-37,39-40,42-43,58H,15,17-18,23,27-30H2,1-14H3,(H2,52,66)(H,53,60)(H,54,61)(H,55,59)/b26-22-,33-16+/t32?,34-,35-,36+,37-,39+,40+,42?,43+/m0/s1. The van der Waals surface area contributed by atoms with E-state index in [1.165, 1.54) is 32.8 Å². The smallest absolute Gasteiger partial charge is 0.404 e. The molecule has 0 saturated heterocycles. The summed E-state index contributed by atoms with van der Waals surface area (Å²) < 4.78 is 16.7. The van der Waals surface area contributed by atoms with E-state index in [2.05, 4.69) is 16.0 Å². The van der Waals surface area contributed by atoms with Crippen molar-refractivity contribution in [1.82, 2.24) is 25.8 Å². The average molecular weight is 971 g/mol. The van der Waals surface area contributed by atoms with Crippen molar-refractivity contribution >= 4 is 47.6 Å². The van der Waals surface area contributed by atoms with Crippen LogP contribution in [0, 0.1) is 23.2 Å². The Labute approximate surface area is 409 Å². The van der Waals surface area contributed by atoms with Gasteiger partial charge in [0.1, 0.15) is 36.4 Å². The number of nitrogens with two attached hydrogens (primary N) is 1. The van der Waals surface area contributed by atoms with Crippen molar-refractivity contribution in [3.8, 4) is 0 Å². The van der Waals surface area contributed by atoms with Gasteiger partial charge in [0, 0.05) is 33.0 Å². The molecule has 9 atom stereocenters. The number of esters is 2. The molecule has 18 heteroatoms. The molecular formula is C51H82N6O12. The maximum Gasteiger partial charge on any atom is 0.404 e. The summed E-state index contributed by atoms with van der Waals surface area (Å²) in [4.78, 5) is 110. The van der Waals surface area contributed by atoms with Crippen LogP contribution in [0.5, 0.6) is 0 Å². The van der Waals surface area contributed by atoms with Gasteiger partial charge in [-0.05, 0) is 97.1 Å². The van der Waals surface area contributed by atoms with Gasteiger partial charge in [0.15, 0.2) is 6.10 Å². The van der Waals surface area contributed by atoms with E-state index in [-0.39, 0.29) is 25.4 Å². The summed E-state index contributed by atoms with van der Waals surface area (Å²) in [6, 6.07) is 4.39. The molecule has 69 heavy (non-hydrogen) atoms. The summed E-state index contributed by atoms with van der Waals surface area (Å²) in [6.45, 7) is 20.0. The fourth-order valence-electron chi connectivity index (χ4n) is 7.17. The molecule has 1 rings (SSSR count). The lowest BCUT2D eigenvalue weighted by Crippen LogP contribution is -2.57. The average Bonchev–Trinajstić information content (AvgIpc) is 3.29. The zero-order chi connectivity index (χ0) is 52.8. The Kier molecular flexibility index (Phi) is 26.6. The van der Waals surface area contributed by atoms with E-state index in [4.69, 9.17) is 25.1 Å². The van der Waals surface area contributed by atoms with Gasteiger partial charge >= 0.3 is 18.0 Å². The van der Waals surface area contributed by atoms with Crippen LogP contribution in [0.2, 0.25) is 0 Å². The number of carbonyl (C=O) groups excluding carboxylic acids is 8. The number of aliphatic hydroxyl groups is 1. The van der Waals surface area contributed by atoms with Crippen LogP contribution in [0.25, 0.3) is 0 Å². The van der Waals surface area contributed by atoms with Gasteiger partial charge < -0.3 is 50.8 Å². The molecule has 1 aromatic rings. The highest BCUT2D eigenvalue weighted by molar-refractivity contribution is 5.95. The summed E-state index contributed by atoms with van der Waals surface area (Å²) in [5, 5.41) is 17.1. The minimum absolute atomic E-state index is 0.0513. The minimum Gasteiger partial charge on any atom is -0.456 e. The van der Waals surface area contributed by atoms with Crippen molar-refractivity contribution in [2.24, 2.45) is 28.9 Å². The molecule has 0 radical (unpaired) electrons. The van der Waals surface area contributed by atoms with Crippen LogP contribution in [0.15, 0.2) is 54.1 Å². The van der Waals surface area contributed by atoms with Gasteiger partial charge in [-0.2, -0.15) is 0 Å². The number of ether oxygens (including phenoxy) is 3. The van der Waals surface area contributed by atoms with Gasteiger partial charge in [-0.15, -0.1) is 0 Å². The number of hydrogen-bond acceptors (Lipinski definition) is 12. The Morgan fingerprint density at radius 3 is 1.99 bits per heavy atom. The number of likely N-dealkylation sites (N-methyl/N-ethyl adjacent to an activating group) is 2. The zero-order valence-corrected chi connectivity index (χ0v) is 43.5. The van der Waals surface area contributed by atoms with Gasteiger partial charge in [0.2, 0.25) is 23.6 Å². The molecule has 0 saturated carbocycles. The lowest BCUT2D eigenvalue weighted by atomic mass is 9.92. The minimum atomic E-state index is -1.21. The second kappa shape index (κ2) is 30.0. The Bertz CT molecular complexity index is 1920. The van der Waals surface area contributed by atoms with E-state index >= 15 is 0 Å². The number of rotatable bonds is 29. The molecule has 0 fully saturated rings.